The Balaban J connectivity index is 2.63. The molecule has 1 heterocycles. The highest BCUT2D eigenvalue weighted by Crippen LogP contribution is 2.03. The van der Waals surface area contributed by atoms with E-state index in [1.165, 1.54) is 6.92 Å². The van der Waals surface area contributed by atoms with E-state index in [9.17, 15) is 4.79 Å². The van der Waals surface area contributed by atoms with Gasteiger partial charge in [0.25, 0.3) is 0 Å². The number of carbonyl (C=O) groups excluding carboxylic acids is 1. The van der Waals surface area contributed by atoms with Gasteiger partial charge in [-0.05, 0) is 30.2 Å². The maximum Gasteiger partial charge on any atom is 0.178 e. The van der Waals surface area contributed by atoms with Crippen molar-refractivity contribution in [3.8, 4) is 0 Å². The molecule has 0 amide bonds. The molecule has 0 aliphatic heterocycles. The highest BCUT2D eigenvalue weighted by molar-refractivity contribution is 5.92. The van der Waals surface area contributed by atoms with E-state index in [2.05, 4.69) is 15.0 Å². The summed E-state index contributed by atoms with van der Waals surface area (Å²) >= 11 is 0. The molecule has 0 aliphatic carbocycles. The fraction of sp³-hybridized carbons (Fsp3) is 0.273. The van der Waals surface area contributed by atoms with Crippen molar-refractivity contribution in [3.63, 3.8) is 0 Å². The second-order valence-corrected chi connectivity index (χ2v) is 3.15. The first-order chi connectivity index (χ1) is 7.74. The Hall–Kier alpha value is -2.13. The minimum absolute atomic E-state index is 0.0515. The van der Waals surface area contributed by atoms with Crippen LogP contribution in [0.1, 0.15) is 29.5 Å². The third-order valence-corrected chi connectivity index (χ3v) is 1.88. The van der Waals surface area contributed by atoms with Crippen molar-refractivity contribution in [3.05, 3.63) is 46.1 Å². The van der Waals surface area contributed by atoms with E-state index < -0.39 is 0 Å². The van der Waals surface area contributed by atoms with Crippen LogP contribution in [0.3, 0.4) is 0 Å². The summed E-state index contributed by atoms with van der Waals surface area (Å²) in [5.41, 5.74) is 9.25. The predicted octanol–water partition coefficient (Wildman–Crippen LogP) is 3.00. The molecule has 0 N–H and O–H groups in total. The molecule has 0 unspecified atom stereocenters. The average molecular weight is 216 g/mol. The minimum atomic E-state index is -0.0515. The molecule has 0 bridgehead atoms. The lowest BCUT2D eigenvalue weighted by Gasteiger charge is -1.96. The molecular weight excluding hydrogens is 204 g/mol. The van der Waals surface area contributed by atoms with E-state index >= 15 is 0 Å². The Bertz CT molecular complexity index is 447. The standard InChI is InChI=1S/C11H12N4O/c1-9(16)11-7-4-6-10(14-11)5-2-3-8-13-15-12/h2,4-7H,3,8H2,1H3. The molecule has 16 heavy (non-hydrogen) atoms. The van der Waals surface area contributed by atoms with Gasteiger partial charge in [0.2, 0.25) is 0 Å². The molecule has 82 valence electrons. The Kier molecular flexibility index (Phi) is 4.76. The van der Waals surface area contributed by atoms with E-state index in [4.69, 9.17) is 5.53 Å². The molecule has 0 atom stereocenters. The quantitative estimate of drug-likeness (QED) is 0.249. The van der Waals surface area contributed by atoms with Crippen molar-refractivity contribution in [1.29, 1.82) is 0 Å². The number of ketones is 1. The van der Waals surface area contributed by atoms with Gasteiger partial charge in [-0.2, -0.15) is 0 Å². The number of hydrogen-bond acceptors (Lipinski definition) is 3. The van der Waals surface area contributed by atoms with Crippen LogP contribution in [0.15, 0.2) is 29.4 Å². The van der Waals surface area contributed by atoms with Crippen molar-refractivity contribution in [1.82, 2.24) is 4.98 Å². The van der Waals surface area contributed by atoms with Gasteiger partial charge in [0.1, 0.15) is 5.69 Å². The van der Waals surface area contributed by atoms with Crippen LogP contribution in [0.2, 0.25) is 0 Å². The van der Waals surface area contributed by atoms with E-state index in [-0.39, 0.29) is 5.78 Å². The van der Waals surface area contributed by atoms with Crippen molar-refractivity contribution in [2.75, 3.05) is 6.54 Å². The summed E-state index contributed by atoms with van der Waals surface area (Å²) in [7, 11) is 0. The smallest absolute Gasteiger partial charge is 0.178 e. The Morgan fingerprint density at radius 3 is 3.12 bits per heavy atom. The number of nitrogens with zero attached hydrogens (tertiary/aromatic N) is 4. The number of azide groups is 1. The Labute approximate surface area is 93.4 Å². The van der Waals surface area contributed by atoms with Gasteiger partial charge in [-0.3, -0.25) is 4.79 Å². The number of hydrogen-bond donors (Lipinski definition) is 0. The zero-order valence-electron chi connectivity index (χ0n) is 9.00. The summed E-state index contributed by atoms with van der Waals surface area (Å²) < 4.78 is 0. The molecule has 1 aromatic heterocycles. The predicted molar refractivity (Wildman–Crippen MR) is 61.9 cm³/mol. The van der Waals surface area contributed by atoms with E-state index in [1.807, 2.05) is 12.1 Å². The van der Waals surface area contributed by atoms with Crippen LogP contribution >= 0.6 is 0 Å². The maximum absolute atomic E-state index is 11.1. The SMILES string of the molecule is CC(=O)c1cccc(C=CCCN=[N+]=[N-])n1. The van der Waals surface area contributed by atoms with E-state index in [0.717, 1.165) is 5.69 Å². The van der Waals surface area contributed by atoms with Gasteiger partial charge >= 0.3 is 0 Å². The van der Waals surface area contributed by atoms with E-state index in [1.54, 1.807) is 18.2 Å². The molecule has 5 nitrogen and oxygen atoms in total. The highest BCUT2D eigenvalue weighted by Gasteiger charge is 1.99. The zero-order chi connectivity index (χ0) is 11.8. The summed E-state index contributed by atoms with van der Waals surface area (Å²) in [6.45, 7) is 1.91. The molecule has 0 saturated carbocycles. The lowest BCUT2D eigenvalue weighted by atomic mass is 10.2. The molecule has 0 aliphatic rings. The fourth-order valence-corrected chi connectivity index (χ4v) is 1.12. The molecule has 0 spiro atoms. The summed E-state index contributed by atoms with van der Waals surface area (Å²) in [5, 5.41) is 3.40. The molecule has 1 aromatic rings. The Morgan fingerprint density at radius 1 is 1.62 bits per heavy atom. The summed E-state index contributed by atoms with van der Waals surface area (Å²) in [5.74, 6) is -0.0515. The van der Waals surface area contributed by atoms with Crippen LogP contribution in [-0.2, 0) is 0 Å². The zero-order valence-corrected chi connectivity index (χ0v) is 9.00. The molecule has 1 rings (SSSR count). The van der Waals surface area contributed by atoms with Gasteiger partial charge in [0, 0.05) is 18.4 Å². The first kappa shape index (κ1) is 11.9. The van der Waals surface area contributed by atoms with Crippen LogP contribution in [0.5, 0.6) is 0 Å². The molecule has 0 saturated heterocycles. The van der Waals surface area contributed by atoms with Crippen molar-refractivity contribution in [2.45, 2.75) is 13.3 Å². The number of carbonyl (C=O) groups is 1. The van der Waals surface area contributed by atoms with Crippen LogP contribution < -0.4 is 0 Å². The number of pyridine rings is 1. The number of rotatable bonds is 5. The number of aromatic nitrogens is 1. The maximum atomic E-state index is 11.1. The highest BCUT2D eigenvalue weighted by atomic mass is 16.1. The van der Waals surface area contributed by atoms with Gasteiger partial charge in [-0.1, -0.05) is 17.3 Å². The normalized spacial score (nSPS) is 10.1. The summed E-state index contributed by atoms with van der Waals surface area (Å²) in [6.07, 6.45) is 4.33. The molecule has 5 heteroatoms. The van der Waals surface area contributed by atoms with E-state index in [0.29, 0.717) is 18.7 Å². The molecule has 0 fully saturated rings. The van der Waals surface area contributed by atoms with Gasteiger partial charge in [0.05, 0.1) is 5.69 Å². The molecular formula is C11H12N4O. The first-order valence-electron chi connectivity index (χ1n) is 4.89. The monoisotopic (exact) mass is 216 g/mol. The fourth-order valence-electron chi connectivity index (χ4n) is 1.12. The first-order valence-corrected chi connectivity index (χ1v) is 4.89. The van der Waals surface area contributed by atoms with Crippen LogP contribution in [-0.4, -0.2) is 17.3 Å². The van der Waals surface area contributed by atoms with Gasteiger partial charge in [-0.25, -0.2) is 4.98 Å². The second-order valence-electron chi connectivity index (χ2n) is 3.15. The summed E-state index contributed by atoms with van der Waals surface area (Å²) in [4.78, 5) is 17.9. The van der Waals surface area contributed by atoms with Crippen LogP contribution in [0.25, 0.3) is 16.5 Å². The Morgan fingerprint density at radius 2 is 2.44 bits per heavy atom. The van der Waals surface area contributed by atoms with Gasteiger partial charge in [-0.15, -0.1) is 0 Å². The van der Waals surface area contributed by atoms with Crippen LogP contribution in [0, 0.1) is 0 Å². The van der Waals surface area contributed by atoms with Crippen molar-refractivity contribution >= 4 is 11.9 Å². The van der Waals surface area contributed by atoms with Crippen LogP contribution in [0.4, 0.5) is 0 Å². The third-order valence-electron chi connectivity index (χ3n) is 1.88. The topological polar surface area (TPSA) is 78.7 Å². The van der Waals surface area contributed by atoms with Gasteiger partial charge < -0.3 is 0 Å². The summed E-state index contributed by atoms with van der Waals surface area (Å²) in [6, 6.07) is 5.28. The molecule has 0 radical (unpaired) electrons. The van der Waals surface area contributed by atoms with Crippen molar-refractivity contribution in [2.24, 2.45) is 5.11 Å². The van der Waals surface area contributed by atoms with Crippen molar-refractivity contribution < 1.29 is 4.79 Å². The second kappa shape index (κ2) is 6.37. The lowest BCUT2D eigenvalue weighted by Crippen LogP contribution is -1.96. The largest absolute Gasteiger partial charge is 0.293 e. The molecule has 0 aromatic carbocycles. The minimum Gasteiger partial charge on any atom is -0.293 e. The lowest BCUT2D eigenvalue weighted by molar-refractivity contribution is 0.101. The average Bonchev–Trinajstić information content (AvgIpc) is 2.29. The third kappa shape index (κ3) is 3.94. The number of Topliss-reactive ketones (excluding diaryl/α,β-unsaturated/α-hetero) is 1. The van der Waals surface area contributed by atoms with Gasteiger partial charge in [0.15, 0.2) is 5.78 Å².